The number of amides is 1. The number of methoxy groups -OCH3 is 1. The second kappa shape index (κ2) is 8.52. The molecule has 2 atom stereocenters. The van der Waals surface area contributed by atoms with E-state index in [0.29, 0.717) is 0 Å². The van der Waals surface area contributed by atoms with Crippen molar-refractivity contribution in [3.63, 3.8) is 0 Å². The summed E-state index contributed by atoms with van der Waals surface area (Å²) >= 11 is 5.86. The second-order valence-corrected chi connectivity index (χ2v) is 7.46. The van der Waals surface area contributed by atoms with Gasteiger partial charge in [0.1, 0.15) is 10.6 Å². The molecule has 0 aliphatic carbocycles. The van der Waals surface area contributed by atoms with Gasteiger partial charge in [0.15, 0.2) is 0 Å². The summed E-state index contributed by atoms with van der Waals surface area (Å²) in [5.74, 6) is -0.218. The van der Waals surface area contributed by atoms with Gasteiger partial charge in [-0.2, -0.15) is 4.72 Å². The van der Waals surface area contributed by atoms with Crippen molar-refractivity contribution in [2.24, 2.45) is 0 Å². The molecule has 0 fully saturated rings. The number of benzene rings is 1. The summed E-state index contributed by atoms with van der Waals surface area (Å²) in [4.78, 5) is 12.0. The minimum atomic E-state index is -3.94. The molecule has 6 nitrogen and oxygen atoms in total. The predicted octanol–water partition coefficient (Wildman–Crippen LogP) is 2.32. The third kappa shape index (κ3) is 5.67. The first kappa shape index (κ1) is 19.7. The van der Waals surface area contributed by atoms with E-state index in [2.05, 4.69) is 10.0 Å². The van der Waals surface area contributed by atoms with E-state index in [1.807, 2.05) is 13.8 Å². The molecule has 0 saturated heterocycles. The van der Waals surface area contributed by atoms with Crippen LogP contribution < -0.4 is 14.8 Å². The first-order chi connectivity index (χ1) is 10.7. The van der Waals surface area contributed by atoms with Crippen molar-refractivity contribution in [1.29, 1.82) is 0 Å². The van der Waals surface area contributed by atoms with Crippen LogP contribution in [0.5, 0.6) is 5.75 Å². The molecule has 1 rings (SSSR count). The quantitative estimate of drug-likeness (QED) is 0.743. The lowest BCUT2D eigenvalue weighted by atomic mass is 10.2. The largest absolute Gasteiger partial charge is 0.495 e. The SMILES string of the molecule is CCC[C@H](C)NC(=O)[C@@H](C)NS(=O)(=O)c1cc(Cl)ccc1OC. The van der Waals surface area contributed by atoms with Crippen LogP contribution in [0.2, 0.25) is 5.02 Å². The maximum atomic E-state index is 12.5. The van der Waals surface area contributed by atoms with Gasteiger partial charge in [-0.15, -0.1) is 0 Å². The molecule has 0 aliphatic rings. The van der Waals surface area contributed by atoms with Gasteiger partial charge < -0.3 is 10.1 Å². The Hall–Kier alpha value is -1.31. The van der Waals surface area contributed by atoms with Gasteiger partial charge in [-0.3, -0.25) is 4.79 Å². The predicted molar refractivity (Wildman–Crippen MR) is 90.3 cm³/mol. The molecule has 0 aromatic heterocycles. The van der Waals surface area contributed by atoms with Crippen LogP contribution in [0.4, 0.5) is 0 Å². The number of ether oxygens (including phenoxy) is 1. The van der Waals surface area contributed by atoms with Crippen LogP contribution in [0.15, 0.2) is 23.1 Å². The van der Waals surface area contributed by atoms with Crippen molar-refractivity contribution >= 4 is 27.5 Å². The number of hydrogen-bond donors (Lipinski definition) is 2. The van der Waals surface area contributed by atoms with Crippen molar-refractivity contribution in [3.05, 3.63) is 23.2 Å². The Bertz CT molecular complexity index is 649. The van der Waals surface area contributed by atoms with E-state index in [9.17, 15) is 13.2 Å². The lowest BCUT2D eigenvalue weighted by molar-refractivity contribution is -0.123. The number of sulfonamides is 1. The first-order valence-corrected chi connectivity index (χ1v) is 9.23. The van der Waals surface area contributed by atoms with Crippen molar-refractivity contribution in [3.8, 4) is 5.75 Å². The minimum Gasteiger partial charge on any atom is -0.495 e. The molecule has 0 unspecified atom stereocenters. The molecule has 1 aromatic carbocycles. The Morgan fingerprint density at radius 2 is 2.00 bits per heavy atom. The highest BCUT2D eigenvalue weighted by molar-refractivity contribution is 7.89. The van der Waals surface area contributed by atoms with Gasteiger partial charge in [0.2, 0.25) is 15.9 Å². The van der Waals surface area contributed by atoms with Crippen LogP contribution in [0.1, 0.15) is 33.6 Å². The van der Waals surface area contributed by atoms with E-state index >= 15 is 0 Å². The summed E-state index contributed by atoms with van der Waals surface area (Å²) in [6, 6.07) is 3.35. The Labute approximate surface area is 142 Å². The Balaban J connectivity index is 2.90. The molecule has 0 aliphatic heterocycles. The lowest BCUT2D eigenvalue weighted by Crippen LogP contribution is -2.47. The van der Waals surface area contributed by atoms with Gasteiger partial charge >= 0.3 is 0 Å². The third-order valence-corrected chi connectivity index (χ3v) is 5.05. The highest BCUT2D eigenvalue weighted by Gasteiger charge is 2.25. The average molecular weight is 363 g/mol. The van der Waals surface area contributed by atoms with Crippen molar-refractivity contribution in [2.45, 2.75) is 50.6 Å². The van der Waals surface area contributed by atoms with Gasteiger partial charge in [-0.1, -0.05) is 24.9 Å². The van der Waals surface area contributed by atoms with Crippen molar-refractivity contribution in [2.75, 3.05) is 7.11 Å². The molecule has 130 valence electrons. The highest BCUT2D eigenvalue weighted by Crippen LogP contribution is 2.27. The molecule has 1 amide bonds. The standard InChI is InChI=1S/C15H23ClN2O4S/c1-5-6-10(2)17-15(19)11(3)18-23(20,21)14-9-12(16)7-8-13(14)22-4/h7-11,18H,5-6H2,1-4H3,(H,17,19)/t10-,11+/m0/s1. The molecular formula is C15H23ClN2O4S. The first-order valence-electron chi connectivity index (χ1n) is 7.37. The van der Waals surface area contributed by atoms with Crippen LogP contribution in [-0.2, 0) is 14.8 Å². The van der Waals surface area contributed by atoms with Crippen LogP contribution in [0.3, 0.4) is 0 Å². The number of nitrogens with one attached hydrogen (secondary N) is 2. The number of rotatable bonds is 8. The van der Waals surface area contributed by atoms with Crippen molar-refractivity contribution in [1.82, 2.24) is 10.0 Å². The zero-order valence-electron chi connectivity index (χ0n) is 13.7. The number of halogens is 1. The normalized spacial score (nSPS) is 14.1. The van der Waals surface area contributed by atoms with E-state index in [1.165, 1.54) is 32.2 Å². The maximum absolute atomic E-state index is 12.5. The Kier molecular flexibility index (Phi) is 7.31. The zero-order valence-corrected chi connectivity index (χ0v) is 15.3. The van der Waals surface area contributed by atoms with Gasteiger partial charge in [0.05, 0.1) is 13.2 Å². The van der Waals surface area contributed by atoms with Crippen molar-refractivity contribution < 1.29 is 17.9 Å². The fraction of sp³-hybridized carbons (Fsp3) is 0.533. The number of hydrogen-bond acceptors (Lipinski definition) is 4. The molecule has 0 spiro atoms. The van der Waals surface area contributed by atoms with Gasteiger partial charge in [-0.25, -0.2) is 8.42 Å². The minimum absolute atomic E-state index is 0.0137. The maximum Gasteiger partial charge on any atom is 0.245 e. The smallest absolute Gasteiger partial charge is 0.245 e. The second-order valence-electron chi connectivity index (χ2n) is 5.34. The fourth-order valence-electron chi connectivity index (χ4n) is 2.08. The summed E-state index contributed by atoms with van der Waals surface area (Å²) in [6.07, 6.45) is 1.76. The molecule has 0 saturated carbocycles. The van der Waals surface area contributed by atoms with Crippen LogP contribution in [0, 0.1) is 0 Å². The molecule has 0 bridgehead atoms. The topological polar surface area (TPSA) is 84.5 Å². The van der Waals surface area contributed by atoms with E-state index < -0.39 is 16.1 Å². The molecule has 0 heterocycles. The molecule has 2 N–H and O–H groups in total. The van der Waals surface area contributed by atoms with Gasteiger partial charge in [0.25, 0.3) is 0 Å². The third-order valence-electron chi connectivity index (χ3n) is 3.25. The molecule has 23 heavy (non-hydrogen) atoms. The Morgan fingerprint density at radius 1 is 1.35 bits per heavy atom. The summed E-state index contributed by atoms with van der Waals surface area (Å²) in [5, 5.41) is 3.04. The monoisotopic (exact) mass is 362 g/mol. The van der Waals surface area contributed by atoms with E-state index in [-0.39, 0.29) is 27.6 Å². The molecule has 0 radical (unpaired) electrons. The summed E-state index contributed by atoms with van der Waals surface area (Å²) in [7, 11) is -2.57. The summed E-state index contributed by atoms with van der Waals surface area (Å²) in [6.45, 7) is 5.38. The van der Waals surface area contributed by atoms with Crippen LogP contribution in [0.25, 0.3) is 0 Å². The highest BCUT2D eigenvalue weighted by atomic mass is 35.5. The fourth-order valence-corrected chi connectivity index (χ4v) is 3.72. The Morgan fingerprint density at radius 3 is 2.57 bits per heavy atom. The van der Waals surface area contributed by atoms with Crippen LogP contribution in [-0.4, -0.2) is 33.5 Å². The average Bonchev–Trinajstić information content (AvgIpc) is 2.46. The molecule has 8 heteroatoms. The number of carbonyl (C=O) groups is 1. The van der Waals surface area contributed by atoms with Gasteiger partial charge in [0, 0.05) is 11.1 Å². The van der Waals surface area contributed by atoms with E-state index in [1.54, 1.807) is 0 Å². The van der Waals surface area contributed by atoms with Gasteiger partial charge in [-0.05, 0) is 38.5 Å². The number of carbonyl (C=O) groups excluding carboxylic acids is 1. The molecule has 1 aromatic rings. The van der Waals surface area contributed by atoms with Crippen LogP contribution >= 0.6 is 11.6 Å². The lowest BCUT2D eigenvalue weighted by Gasteiger charge is -2.19. The van der Waals surface area contributed by atoms with E-state index in [0.717, 1.165) is 12.8 Å². The zero-order chi connectivity index (χ0) is 17.6. The molecular weight excluding hydrogens is 340 g/mol. The summed E-state index contributed by atoms with van der Waals surface area (Å²) in [5.41, 5.74) is 0. The summed E-state index contributed by atoms with van der Waals surface area (Å²) < 4.78 is 32.3. The van der Waals surface area contributed by atoms with E-state index in [4.69, 9.17) is 16.3 Å².